The first-order chi connectivity index (χ1) is 9.75. The molecule has 3 rings (SSSR count). The van der Waals surface area contributed by atoms with Crippen LogP contribution in [0, 0.1) is 5.92 Å². The van der Waals surface area contributed by atoms with Crippen LogP contribution in [0.1, 0.15) is 32.1 Å². The topological polar surface area (TPSA) is 53.0 Å². The van der Waals surface area contributed by atoms with Gasteiger partial charge in [0, 0.05) is 25.0 Å². The van der Waals surface area contributed by atoms with Crippen LogP contribution in [0.3, 0.4) is 0 Å². The predicted octanol–water partition coefficient (Wildman–Crippen LogP) is 0.471. The van der Waals surface area contributed by atoms with E-state index in [-0.39, 0.29) is 12.0 Å². The Labute approximate surface area is 120 Å². The number of rotatable bonds is 3. The van der Waals surface area contributed by atoms with Crippen molar-refractivity contribution in [3.63, 3.8) is 0 Å². The smallest absolute Gasteiger partial charge is 0.236 e. The maximum Gasteiger partial charge on any atom is 0.236 e. The molecular weight excluding hydrogens is 256 g/mol. The van der Waals surface area contributed by atoms with Crippen LogP contribution in [0.15, 0.2) is 0 Å². The average molecular weight is 282 g/mol. The van der Waals surface area contributed by atoms with Crippen LogP contribution in [0.5, 0.6) is 0 Å². The summed E-state index contributed by atoms with van der Waals surface area (Å²) < 4.78 is 5.30. The molecule has 3 fully saturated rings. The molecule has 1 N–H and O–H groups in total. The molecule has 3 unspecified atom stereocenters. The summed E-state index contributed by atoms with van der Waals surface area (Å²) in [7, 11) is 0. The van der Waals surface area contributed by atoms with E-state index in [4.69, 9.17) is 4.74 Å². The molecule has 0 spiro atoms. The molecule has 2 heterocycles. The molecule has 2 aliphatic heterocycles. The Bertz CT molecular complexity index is 344. The number of aliphatic hydroxyl groups is 1. The number of morpholine rings is 1. The van der Waals surface area contributed by atoms with E-state index in [1.54, 1.807) is 0 Å². The molecular formula is C15H26N2O3. The van der Waals surface area contributed by atoms with Crippen molar-refractivity contribution in [3.05, 3.63) is 0 Å². The molecule has 0 aromatic rings. The van der Waals surface area contributed by atoms with Gasteiger partial charge in [-0.3, -0.25) is 9.69 Å². The predicted molar refractivity (Wildman–Crippen MR) is 75.3 cm³/mol. The normalized spacial score (nSPS) is 35.6. The third-order valence-electron chi connectivity index (χ3n) is 5.14. The molecule has 1 aliphatic carbocycles. The van der Waals surface area contributed by atoms with E-state index >= 15 is 0 Å². The van der Waals surface area contributed by atoms with Crippen LogP contribution >= 0.6 is 0 Å². The molecule has 20 heavy (non-hydrogen) atoms. The molecule has 3 atom stereocenters. The summed E-state index contributed by atoms with van der Waals surface area (Å²) in [5, 5.41) is 10.1. The summed E-state index contributed by atoms with van der Waals surface area (Å²) in [5.41, 5.74) is 0. The molecule has 0 radical (unpaired) electrons. The third kappa shape index (κ3) is 3.00. The highest BCUT2D eigenvalue weighted by atomic mass is 16.5. The van der Waals surface area contributed by atoms with Gasteiger partial charge in [0.05, 0.1) is 25.9 Å². The maximum absolute atomic E-state index is 12.4. The van der Waals surface area contributed by atoms with Crippen molar-refractivity contribution in [2.75, 3.05) is 39.4 Å². The lowest BCUT2D eigenvalue weighted by atomic mass is 9.94. The minimum Gasteiger partial charge on any atom is -0.393 e. The van der Waals surface area contributed by atoms with Crippen molar-refractivity contribution in [2.24, 2.45) is 5.92 Å². The molecule has 5 nitrogen and oxygen atoms in total. The minimum atomic E-state index is -0.154. The van der Waals surface area contributed by atoms with Gasteiger partial charge in [-0.25, -0.2) is 0 Å². The highest BCUT2D eigenvalue weighted by Crippen LogP contribution is 2.35. The number of hydrogen-bond donors (Lipinski definition) is 1. The number of amides is 1. The lowest BCUT2D eigenvalue weighted by Crippen LogP contribution is -2.48. The third-order valence-corrected chi connectivity index (χ3v) is 5.14. The highest BCUT2D eigenvalue weighted by Gasteiger charge is 2.39. The zero-order valence-corrected chi connectivity index (χ0v) is 12.2. The highest BCUT2D eigenvalue weighted by molar-refractivity contribution is 5.78. The molecule has 3 aliphatic rings. The van der Waals surface area contributed by atoms with Gasteiger partial charge in [0.25, 0.3) is 0 Å². The summed E-state index contributed by atoms with van der Waals surface area (Å²) in [4.78, 5) is 16.6. The van der Waals surface area contributed by atoms with Gasteiger partial charge in [-0.05, 0) is 32.2 Å². The molecule has 1 amide bonds. The molecule has 0 bridgehead atoms. The van der Waals surface area contributed by atoms with Crippen LogP contribution in [-0.2, 0) is 9.53 Å². The Morgan fingerprint density at radius 2 is 1.90 bits per heavy atom. The van der Waals surface area contributed by atoms with E-state index in [9.17, 15) is 9.90 Å². The van der Waals surface area contributed by atoms with Gasteiger partial charge in [-0.2, -0.15) is 0 Å². The zero-order valence-electron chi connectivity index (χ0n) is 12.2. The summed E-state index contributed by atoms with van der Waals surface area (Å²) >= 11 is 0. The zero-order chi connectivity index (χ0) is 13.9. The number of carbonyl (C=O) groups is 1. The van der Waals surface area contributed by atoms with Crippen LogP contribution in [0.2, 0.25) is 0 Å². The maximum atomic E-state index is 12.4. The van der Waals surface area contributed by atoms with Gasteiger partial charge < -0.3 is 14.7 Å². The van der Waals surface area contributed by atoms with E-state index in [0.717, 1.165) is 51.7 Å². The largest absolute Gasteiger partial charge is 0.393 e. The first-order valence-electron chi connectivity index (χ1n) is 8.03. The summed E-state index contributed by atoms with van der Waals surface area (Å²) in [5.74, 6) is 0.614. The van der Waals surface area contributed by atoms with Gasteiger partial charge >= 0.3 is 0 Å². The molecule has 5 heteroatoms. The molecule has 0 aromatic heterocycles. The molecule has 114 valence electrons. The number of aliphatic hydroxyl groups excluding tert-OH is 1. The Kier molecular flexibility index (Phi) is 4.58. The van der Waals surface area contributed by atoms with Gasteiger partial charge in [-0.15, -0.1) is 0 Å². The van der Waals surface area contributed by atoms with Crippen LogP contribution < -0.4 is 0 Å². The van der Waals surface area contributed by atoms with E-state index in [2.05, 4.69) is 4.90 Å². The average Bonchev–Trinajstić information content (AvgIpc) is 3.08. The number of likely N-dealkylation sites (tertiary alicyclic amines) is 1. The van der Waals surface area contributed by atoms with Gasteiger partial charge in [-0.1, -0.05) is 6.42 Å². The fourth-order valence-electron chi connectivity index (χ4n) is 4.04. The number of nitrogens with zero attached hydrogens (tertiary/aromatic N) is 2. The van der Waals surface area contributed by atoms with Crippen LogP contribution in [0.4, 0.5) is 0 Å². The van der Waals surface area contributed by atoms with Crippen molar-refractivity contribution in [3.8, 4) is 0 Å². The van der Waals surface area contributed by atoms with E-state index < -0.39 is 0 Å². The molecule has 0 aromatic carbocycles. The van der Waals surface area contributed by atoms with Gasteiger partial charge in [0.1, 0.15) is 0 Å². The second kappa shape index (κ2) is 6.41. The van der Waals surface area contributed by atoms with E-state index in [1.807, 2.05) is 4.90 Å². The SMILES string of the molecule is O=C(CN1CCCC1C1CCCC1O)N1CCOCC1. The summed E-state index contributed by atoms with van der Waals surface area (Å²) in [6.07, 6.45) is 5.33. The second-order valence-electron chi connectivity index (χ2n) is 6.34. The van der Waals surface area contributed by atoms with E-state index in [1.165, 1.54) is 0 Å². The minimum absolute atomic E-state index is 0.154. The Morgan fingerprint density at radius 1 is 1.10 bits per heavy atom. The van der Waals surface area contributed by atoms with Crippen LogP contribution in [0.25, 0.3) is 0 Å². The first-order valence-corrected chi connectivity index (χ1v) is 8.03. The van der Waals surface area contributed by atoms with Crippen molar-refractivity contribution in [2.45, 2.75) is 44.2 Å². The summed E-state index contributed by atoms with van der Waals surface area (Å²) in [6.45, 7) is 4.30. The lowest BCUT2D eigenvalue weighted by Gasteiger charge is -2.33. The quantitative estimate of drug-likeness (QED) is 0.817. The number of hydrogen-bond acceptors (Lipinski definition) is 4. The van der Waals surface area contributed by atoms with Gasteiger partial charge in [0.2, 0.25) is 5.91 Å². The Balaban J connectivity index is 1.56. The van der Waals surface area contributed by atoms with Crippen molar-refractivity contribution < 1.29 is 14.6 Å². The second-order valence-corrected chi connectivity index (χ2v) is 6.34. The fourth-order valence-corrected chi connectivity index (χ4v) is 4.04. The van der Waals surface area contributed by atoms with Crippen molar-refractivity contribution >= 4 is 5.91 Å². The number of ether oxygens (including phenoxy) is 1. The fraction of sp³-hybridized carbons (Fsp3) is 0.933. The van der Waals surface area contributed by atoms with Crippen molar-refractivity contribution in [1.29, 1.82) is 0 Å². The molecule has 1 saturated carbocycles. The van der Waals surface area contributed by atoms with E-state index in [0.29, 0.717) is 31.7 Å². The first kappa shape index (κ1) is 14.3. The Morgan fingerprint density at radius 3 is 2.60 bits per heavy atom. The van der Waals surface area contributed by atoms with Crippen LogP contribution in [-0.4, -0.2) is 72.4 Å². The van der Waals surface area contributed by atoms with Crippen molar-refractivity contribution in [1.82, 2.24) is 9.80 Å². The standard InChI is InChI=1S/C15H26N2O3/c18-14-5-1-3-12(14)13-4-2-6-17(13)11-15(19)16-7-9-20-10-8-16/h12-14,18H,1-11H2. The molecule has 2 saturated heterocycles. The number of carbonyl (C=O) groups excluding carboxylic acids is 1. The summed E-state index contributed by atoms with van der Waals surface area (Å²) in [6, 6.07) is 0.414. The Hall–Kier alpha value is -0.650. The lowest BCUT2D eigenvalue weighted by molar-refractivity contribution is -0.137. The monoisotopic (exact) mass is 282 g/mol. The van der Waals surface area contributed by atoms with Gasteiger partial charge in [0.15, 0.2) is 0 Å².